The van der Waals surface area contributed by atoms with Crippen molar-refractivity contribution in [3.05, 3.63) is 34.9 Å². The first-order chi connectivity index (χ1) is 15.7. The second-order valence-electron chi connectivity index (χ2n) is 11.8. The Kier molecular flexibility index (Phi) is 5.19. The molecular weight excluding hydrogens is 412 g/mol. The highest BCUT2D eigenvalue weighted by Gasteiger charge is 2.66. The summed E-state index contributed by atoms with van der Waals surface area (Å²) in [6, 6.07) is 4.19. The average molecular weight is 453 g/mol. The first-order valence-electron chi connectivity index (χ1n) is 12.7. The molecule has 2 saturated carbocycles. The quantitative estimate of drug-likeness (QED) is 0.390. The SMILES string of the molecule is COC(=O)[C@]1(C)CCC[C@@]2(C)[C@@H]1CC[C@]13C=C(C(C)C)[C@H](C[C@@H]21)c1c(OC)ccc(OC)c13. The molecule has 2 fully saturated rings. The van der Waals surface area contributed by atoms with Gasteiger partial charge in [0.05, 0.1) is 26.7 Å². The second kappa shape index (κ2) is 7.52. The van der Waals surface area contributed by atoms with E-state index in [1.54, 1.807) is 26.9 Å². The van der Waals surface area contributed by atoms with Crippen LogP contribution in [0, 0.1) is 28.6 Å². The fourth-order valence-corrected chi connectivity index (χ4v) is 9.00. The van der Waals surface area contributed by atoms with E-state index in [-0.39, 0.29) is 16.8 Å². The zero-order valence-electron chi connectivity index (χ0n) is 21.4. The lowest BCUT2D eigenvalue weighted by Gasteiger charge is -2.66. The number of carbonyl (C=O) groups is 1. The molecule has 0 N–H and O–H groups in total. The van der Waals surface area contributed by atoms with Gasteiger partial charge >= 0.3 is 5.97 Å². The van der Waals surface area contributed by atoms with Crippen molar-refractivity contribution in [1.29, 1.82) is 0 Å². The van der Waals surface area contributed by atoms with E-state index >= 15 is 0 Å². The average Bonchev–Trinajstić information content (AvgIpc) is 2.82. The third kappa shape index (κ3) is 2.79. The van der Waals surface area contributed by atoms with Gasteiger partial charge in [-0.1, -0.05) is 38.8 Å². The van der Waals surface area contributed by atoms with Gasteiger partial charge in [-0.2, -0.15) is 0 Å². The minimum atomic E-state index is -0.397. The Bertz CT molecular complexity index is 1010. The van der Waals surface area contributed by atoms with E-state index in [0.717, 1.165) is 43.6 Å². The number of carbonyl (C=O) groups excluding carboxylic acids is 1. The number of benzene rings is 1. The van der Waals surface area contributed by atoms with Gasteiger partial charge in [-0.3, -0.25) is 4.79 Å². The topological polar surface area (TPSA) is 44.8 Å². The maximum Gasteiger partial charge on any atom is 0.311 e. The van der Waals surface area contributed by atoms with Crippen LogP contribution in [0.2, 0.25) is 0 Å². The maximum atomic E-state index is 13.1. The van der Waals surface area contributed by atoms with Crippen molar-refractivity contribution >= 4 is 5.97 Å². The Morgan fingerprint density at radius 2 is 1.70 bits per heavy atom. The molecule has 5 aliphatic rings. The third-order valence-corrected chi connectivity index (χ3v) is 10.3. The number of fused-ring (bicyclic) bond motifs is 1. The summed E-state index contributed by atoms with van der Waals surface area (Å²) >= 11 is 0. The number of methoxy groups -OCH3 is 3. The summed E-state index contributed by atoms with van der Waals surface area (Å²) in [6.45, 7) is 9.31. The highest BCUT2D eigenvalue weighted by molar-refractivity contribution is 5.77. The van der Waals surface area contributed by atoms with Crippen LogP contribution in [-0.4, -0.2) is 27.3 Å². The minimum Gasteiger partial charge on any atom is -0.496 e. The molecule has 0 heterocycles. The molecule has 0 aliphatic heterocycles. The van der Waals surface area contributed by atoms with E-state index in [9.17, 15) is 4.79 Å². The third-order valence-electron chi connectivity index (χ3n) is 10.3. The molecule has 6 atom stereocenters. The van der Waals surface area contributed by atoms with Crippen LogP contribution in [0.4, 0.5) is 0 Å². The van der Waals surface area contributed by atoms with Crippen molar-refractivity contribution < 1.29 is 19.0 Å². The Hall–Kier alpha value is -1.97. The lowest BCUT2D eigenvalue weighted by atomic mass is 9.37. The van der Waals surface area contributed by atoms with Crippen LogP contribution in [0.3, 0.4) is 0 Å². The van der Waals surface area contributed by atoms with E-state index in [1.165, 1.54) is 17.5 Å². The van der Waals surface area contributed by atoms with Gasteiger partial charge in [-0.25, -0.2) is 0 Å². The maximum absolute atomic E-state index is 13.1. The highest BCUT2D eigenvalue weighted by atomic mass is 16.5. The summed E-state index contributed by atoms with van der Waals surface area (Å²) in [5.41, 5.74) is 3.89. The summed E-state index contributed by atoms with van der Waals surface area (Å²) < 4.78 is 17.3. The van der Waals surface area contributed by atoms with Crippen molar-refractivity contribution in [1.82, 2.24) is 0 Å². The molecular formula is C29H40O4. The molecule has 0 amide bonds. The van der Waals surface area contributed by atoms with E-state index in [1.807, 2.05) is 0 Å². The van der Waals surface area contributed by atoms with Gasteiger partial charge in [0.2, 0.25) is 0 Å². The lowest BCUT2D eigenvalue weighted by molar-refractivity contribution is -0.175. The van der Waals surface area contributed by atoms with E-state index in [4.69, 9.17) is 14.2 Å². The van der Waals surface area contributed by atoms with Gasteiger partial charge in [0.25, 0.3) is 0 Å². The van der Waals surface area contributed by atoms with Gasteiger partial charge in [0, 0.05) is 22.5 Å². The van der Waals surface area contributed by atoms with Crippen LogP contribution in [-0.2, 0) is 14.9 Å². The Morgan fingerprint density at radius 1 is 1.00 bits per heavy atom. The predicted octanol–water partition coefficient (Wildman–Crippen LogP) is 6.42. The second-order valence-corrected chi connectivity index (χ2v) is 11.8. The van der Waals surface area contributed by atoms with Crippen LogP contribution < -0.4 is 9.47 Å². The highest BCUT2D eigenvalue weighted by Crippen LogP contribution is 2.73. The number of hydrogen-bond acceptors (Lipinski definition) is 4. The van der Waals surface area contributed by atoms with E-state index in [2.05, 4.69) is 45.9 Å². The summed E-state index contributed by atoms with van der Waals surface area (Å²) in [7, 11) is 5.14. The van der Waals surface area contributed by atoms with Gasteiger partial charge in [0.1, 0.15) is 11.5 Å². The molecule has 4 heteroatoms. The molecule has 1 aromatic rings. The van der Waals surface area contributed by atoms with Gasteiger partial charge in [-0.15, -0.1) is 0 Å². The predicted molar refractivity (Wildman–Crippen MR) is 130 cm³/mol. The molecule has 180 valence electrons. The molecule has 0 unspecified atom stereocenters. The molecule has 2 bridgehead atoms. The largest absolute Gasteiger partial charge is 0.496 e. The molecule has 6 rings (SSSR count). The van der Waals surface area contributed by atoms with Crippen molar-refractivity contribution in [2.45, 2.75) is 77.6 Å². The monoisotopic (exact) mass is 452 g/mol. The van der Waals surface area contributed by atoms with Crippen LogP contribution >= 0.6 is 0 Å². The zero-order valence-corrected chi connectivity index (χ0v) is 21.4. The summed E-state index contributed by atoms with van der Waals surface area (Å²) in [6.07, 6.45) is 9.05. The molecule has 33 heavy (non-hydrogen) atoms. The van der Waals surface area contributed by atoms with E-state index < -0.39 is 5.41 Å². The fraction of sp³-hybridized carbons (Fsp3) is 0.690. The molecule has 0 radical (unpaired) electrons. The molecule has 4 nitrogen and oxygen atoms in total. The normalized spacial score (nSPS) is 38.7. The fourth-order valence-electron chi connectivity index (χ4n) is 9.00. The standard InChI is InChI=1S/C29H40O4/c1-17(2)19-16-29-14-11-22-27(3,12-8-13-28(22,4)26(30)33-7)23(29)15-18(19)24-20(31-5)9-10-21(32-6)25(24)29/h9-10,16-18,22-23H,8,11-15H2,1-7H3/t18-,22-,23-,27-,28+,29-/m0/s1. The molecule has 5 aliphatic carbocycles. The Labute approximate surface area is 199 Å². The smallest absolute Gasteiger partial charge is 0.311 e. The van der Waals surface area contributed by atoms with E-state index in [0.29, 0.717) is 23.7 Å². The zero-order chi connectivity index (χ0) is 23.8. The van der Waals surface area contributed by atoms with Crippen LogP contribution in [0.5, 0.6) is 11.5 Å². The number of ether oxygens (including phenoxy) is 3. The first kappa shape index (κ1) is 22.8. The van der Waals surface area contributed by atoms with Crippen LogP contribution in [0.25, 0.3) is 0 Å². The van der Waals surface area contributed by atoms with Crippen LogP contribution in [0.15, 0.2) is 23.8 Å². The molecule has 0 saturated heterocycles. The number of rotatable bonds is 4. The molecule has 0 aromatic heterocycles. The summed E-state index contributed by atoms with van der Waals surface area (Å²) in [5, 5.41) is 0. The van der Waals surface area contributed by atoms with Crippen molar-refractivity contribution in [2.24, 2.45) is 28.6 Å². The van der Waals surface area contributed by atoms with Crippen LogP contribution in [0.1, 0.15) is 83.3 Å². The van der Waals surface area contributed by atoms with Crippen molar-refractivity contribution in [3.8, 4) is 11.5 Å². The lowest BCUT2D eigenvalue weighted by Crippen LogP contribution is -2.62. The number of allylic oxidation sites excluding steroid dienone is 2. The first-order valence-corrected chi connectivity index (χ1v) is 12.7. The number of esters is 1. The molecule has 1 aromatic carbocycles. The van der Waals surface area contributed by atoms with Gasteiger partial charge in [-0.05, 0) is 74.3 Å². The van der Waals surface area contributed by atoms with Gasteiger partial charge < -0.3 is 14.2 Å². The Balaban J connectivity index is 1.73. The number of hydrogen-bond donors (Lipinski definition) is 0. The van der Waals surface area contributed by atoms with Crippen molar-refractivity contribution in [3.63, 3.8) is 0 Å². The van der Waals surface area contributed by atoms with Gasteiger partial charge in [0.15, 0.2) is 0 Å². The molecule has 1 spiro atoms. The minimum absolute atomic E-state index is 0.0200. The van der Waals surface area contributed by atoms with Crippen molar-refractivity contribution in [2.75, 3.05) is 21.3 Å². The summed E-state index contributed by atoms with van der Waals surface area (Å²) in [4.78, 5) is 13.1. The summed E-state index contributed by atoms with van der Waals surface area (Å²) in [5.74, 6) is 3.64. The Morgan fingerprint density at radius 3 is 2.33 bits per heavy atom.